The fourth-order valence-electron chi connectivity index (χ4n) is 1.96. The van der Waals surface area contributed by atoms with Crippen molar-refractivity contribution >= 4 is 5.97 Å². The summed E-state index contributed by atoms with van der Waals surface area (Å²) >= 11 is 0. The molecule has 1 heterocycles. The van der Waals surface area contributed by atoms with Gasteiger partial charge in [0.1, 0.15) is 0 Å². The molecule has 0 aromatic heterocycles. The van der Waals surface area contributed by atoms with Gasteiger partial charge in [-0.15, -0.1) is 0 Å². The molecule has 90 valence electrons. The van der Waals surface area contributed by atoms with E-state index in [1.165, 1.54) is 0 Å². The van der Waals surface area contributed by atoms with Crippen LogP contribution in [0, 0.1) is 16.7 Å². The van der Waals surface area contributed by atoms with E-state index in [1.54, 1.807) is 13.8 Å². The van der Waals surface area contributed by atoms with E-state index in [2.05, 4.69) is 6.07 Å². The molecule has 16 heavy (non-hydrogen) atoms. The molecule has 0 aromatic carbocycles. The van der Waals surface area contributed by atoms with Crippen molar-refractivity contribution in [2.75, 3.05) is 6.61 Å². The van der Waals surface area contributed by atoms with Crippen LogP contribution in [0.3, 0.4) is 0 Å². The van der Waals surface area contributed by atoms with E-state index in [0.29, 0.717) is 13.0 Å². The molecule has 0 N–H and O–H groups in total. The molecular formula is C12H19NO3. The topological polar surface area (TPSA) is 59.3 Å². The molecule has 1 aliphatic rings. The fraction of sp³-hybridized carbons (Fsp3) is 0.833. The number of nitriles is 1. The van der Waals surface area contributed by atoms with Crippen molar-refractivity contribution in [2.45, 2.75) is 52.2 Å². The summed E-state index contributed by atoms with van der Waals surface area (Å²) in [6.07, 6.45) is 2.57. The zero-order valence-electron chi connectivity index (χ0n) is 10.2. The van der Waals surface area contributed by atoms with Gasteiger partial charge >= 0.3 is 5.97 Å². The predicted octanol–water partition coefficient (Wildman–Crippen LogP) is 2.04. The second-order valence-corrected chi connectivity index (χ2v) is 4.51. The Labute approximate surface area is 96.5 Å². The maximum atomic E-state index is 11.7. The first kappa shape index (κ1) is 13.0. The third kappa shape index (κ3) is 2.96. The van der Waals surface area contributed by atoms with Gasteiger partial charge in [0.15, 0.2) is 5.41 Å². The first-order valence-electron chi connectivity index (χ1n) is 5.75. The highest BCUT2D eigenvalue weighted by atomic mass is 16.5. The molecule has 3 unspecified atom stereocenters. The molecule has 0 aromatic rings. The summed E-state index contributed by atoms with van der Waals surface area (Å²) < 4.78 is 10.5. The van der Waals surface area contributed by atoms with Gasteiger partial charge < -0.3 is 9.47 Å². The minimum atomic E-state index is -1.08. The van der Waals surface area contributed by atoms with Crippen LogP contribution in [0.2, 0.25) is 0 Å². The summed E-state index contributed by atoms with van der Waals surface area (Å²) in [4.78, 5) is 11.7. The molecular weight excluding hydrogens is 206 g/mol. The van der Waals surface area contributed by atoms with Crippen molar-refractivity contribution in [1.29, 1.82) is 5.26 Å². The number of esters is 1. The number of hydrogen-bond donors (Lipinski definition) is 0. The SMILES string of the molecule is CCOC(=O)C(C)(C#N)CC1CCC(C)O1. The van der Waals surface area contributed by atoms with E-state index in [4.69, 9.17) is 14.7 Å². The zero-order valence-corrected chi connectivity index (χ0v) is 10.2. The van der Waals surface area contributed by atoms with Crippen LogP contribution < -0.4 is 0 Å². The number of carbonyl (C=O) groups is 1. The highest BCUT2D eigenvalue weighted by Crippen LogP contribution is 2.31. The van der Waals surface area contributed by atoms with Crippen LogP contribution in [0.15, 0.2) is 0 Å². The minimum absolute atomic E-state index is 0.00376. The molecule has 3 atom stereocenters. The highest BCUT2D eigenvalue weighted by Gasteiger charge is 2.39. The van der Waals surface area contributed by atoms with Gasteiger partial charge in [-0.25, -0.2) is 0 Å². The molecule has 0 aliphatic carbocycles. The molecule has 1 aliphatic heterocycles. The summed E-state index contributed by atoms with van der Waals surface area (Å²) in [7, 11) is 0. The van der Waals surface area contributed by atoms with Crippen molar-refractivity contribution < 1.29 is 14.3 Å². The van der Waals surface area contributed by atoms with Crippen LogP contribution in [-0.4, -0.2) is 24.8 Å². The average Bonchev–Trinajstić information content (AvgIpc) is 2.64. The Hall–Kier alpha value is -1.08. The second-order valence-electron chi connectivity index (χ2n) is 4.51. The maximum absolute atomic E-state index is 11.7. The van der Waals surface area contributed by atoms with Gasteiger partial charge in [-0.3, -0.25) is 4.79 Å². The van der Waals surface area contributed by atoms with Gasteiger partial charge in [-0.1, -0.05) is 0 Å². The van der Waals surface area contributed by atoms with Gasteiger partial charge in [-0.2, -0.15) is 5.26 Å². The Morgan fingerprint density at radius 1 is 1.62 bits per heavy atom. The van der Waals surface area contributed by atoms with E-state index < -0.39 is 11.4 Å². The van der Waals surface area contributed by atoms with Crippen molar-refractivity contribution in [2.24, 2.45) is 5.41 Å². The molecule has 4 nitrogen and oxygen atoms in total. The van der Waals surface area contributed by atoms with Gasteiger partial charge in [0.2, 0.25) is 0 Å². The molecule has 4 heteroatoms. The molecule has 0 spiro atoms. The molecule has 0 saturated carbocycles. The van der Waals surface area contributed by atoms with E-state index in [9.17, 15) is 4.79 Å². The monoisotopic (exact) mass is 225 g/mol. The molecule has 1 saturated heterocycles. The Balaban J connectivity index is 2.60. The minimum Gasteiger partial charge on any atom is -0.465 e. The van der Waals surface area contributed by atoms with Crippen LogP contribution in [-0.2, 0) is 14.3 Å². The van der Waals surface area contributed by atoms with Crippen LogP contribution in [0.1, 0.15) is 40.0 Å². The van der Waals surface area contributed by atoms with Crippen molar-refractivity contribution in [3.8, 4) is 6.07 Å². The Morgan fingerprint density at radius 3 is 2.75 bits per heavy atom. The quantitative estimate of drug-likeness (QED) is 0.687. The zero-order chi connectivity index (χ0) is 12.2. The van der Waals surface area contributed by atoms with Gasteiger partial charge in [0.05, 0.1) is 24.9 Å². The van der Waals surface area contributed by atoms with Crippen LogP contribution in [0.4, 0.5) is 0 Å². The van der Waals surface area contributed by atoms with Crippen molar-refractivity contribution in [3.63, 3.8) is 0 Å². The maximum Gasteiger partial charge on any atom is 0.326 e. The number of hydrogen-bond acceptors (Lipinski definition) is 4. The predicted molar refractivity (Wildman–Crippen MR) is 58.5 cm³/mol. The molecule has 1 rings (SSSR count). The van der Waals surface area contributed by atoms with E-state index >= 15 is 0 Å². The number of ether oxygens (including phenoxy) is 2. The van der Waals surface area contributed by atoms with E-state index in [0.717, 1.165) is 12.8 Å². The van der Waals surface area contributed by atoms with Crippen LogP contribution in [0.5, 0.6) is 0 Å². The van der Waals surface area contributed by atoms with Crippen LogP contribution >= 0.6 is 0 Å². The molecule has 0 bridgehead atoms. The summed E-state index contributed by atoms with van der Waals surface area (Å²) in [5, 5.41) is 9.10. The lowest BCUT2D eigenvalue weighted by atomic mass is 9.85. The molecule has 1 fully saturated rings. The summed E-state index contributed by atoms with van der Waals surface area (Å²) in [5.41, 5.74) is -1.08. The second kappa shape index (κ2) is 5.31. The first-order valence-corrected chi connectivity index (χ1v) is 5.75. The number of rotatable bonds is 4. The third-order valence-electron chi connectivity index (χ3n) is 2.93. The van der Waals surface area contributed by atoms with Crippen molar-refractivity contribution in [1.82, 2.24) is 0 Å². The summed E-state index contributed by atoms with van der Waals surface area (Å²) in [5.74, 6) is -0.444. The standard InChI is InChI=1S/C12H19NO3/c1-4-15-11(14)12(3,8-13)7-10-6-5-9(2)16-10/h9-10H,4-7H2,1-3H3. The van der Waals surface area contributed by atoms with Gasteiger partial charge in [0, 0.05) is 6.42 Å². The average molecular weight is 225 g/mol. The van der Waals surface area contributed by atoms with Gasteiger partial charge in [0.25, 0.3) is 0 Å². The highest BCUT2D eigenvalue weighted by molar-refractivity contribution is 5.79. The number of nitrogens with zero attached hydrogens (tertiary/aromatic N) is 1. The largest absolute Gasteiger partial charge is 0.465 e. The Kier molecular flexibility index (Phi) is 4.31. The molecule has 0 amide bonds. The van der Waals surface area contributed by atoms with Crippen molar-refractivity contribution in [3.05, 3.63) is 0 Å². The Morgan fingerprint density at radius 2 is 2.31 bits per heavy atom. The third-order valence-corrected chi connectivity index (χ3v) is 2.93. The first-order chi connectivity index (χ1) is 7.51. The van der Waals surface area contributed by atoms with Crippen LogP contribution in [0.25, 0.3) is 0 Å². The number of carbonyl (C=O) groups excluding carboxylic acids is 1. The van der Waals surface area contributed by atoms with Gasteiger partial charge in [-0.05, 0) is 33.6 Å². The lowest BCUT2D eigenvalue weighted by Gasteiger charge is -2.22. The summed E-state index contributed by atoms with van der Waals surface area (Å²) in [6.45, 7) is 5.67. The summed E-state index contributed by atoms with van der Waals surface area (Å²) in [6, 6.07) is 2.05. The lowest BCUT2D eigenvalue weighted by molar-refractivity contribution is -0.153. The lowest BCUT2D eigenvalue weighted by Crippen LogP contribution is -2.32. The smallest absolute Gasteiger partial charge is 0.326 e. The van der Waals surface area contributed by atoms with E-state index in [1.807, 2.05) is 6.92 Å². The Bertz CT molecular complexity index is 297. The normalized spacial score (nSPS) is 28.1. The van der Waals surface area contributed by atoms with E-state index in [-0.39, 0.29) is 12.2 Å². The molecule has 0 radical (unpaired) electrons. The fourth-order valence-corrected chi connectivity index (χ4v) is 1.96.